The van der Waals surface area contributed by atoms with Gasteiger partial charge in [-0.15, -0.1) is 0 Å². The van der Waals surface area contributed by atoms with Gasteiger partial charge in [0.25, 0.3) is 0 Å². The molecule has 2 nitrogen and oxygen atoms in total. The van der Waals surface area contributed by atoms with E-state index in [-0.39, 0.29) is 5.82 Å². The molecule has 0 saturated heterocycles. The number of aromatic nitrogens is 2. The Morgan fingerprint density at radius 3 is 2.40 bits per heavy atom. The average molecular weight is 330 g/mol. The summed E-state index contributed by atoms with van der Waals surface area (Å²) in [5, 5.41) is 0. The minimum atomic E-state index is -0.186. The predicted octanol–water partition coefficient (Wildman–Crippen LogP) is 5.55. The minimum Gasteiger partial charge on any atom is -0.325 e. The van der Waals surface area contributed by atoms with Gasteiger partial charge in [0.15, 0.2) is 0 Å². The third-order valence-electron chi connectivity index (χ3n) is 5.20. The molecule has 2 aromatic heterocycles. The molecule has 3 heteroatoms. The maximum absolute atomic E-state index is 13.3. The Balaban J connectivity index is 1.74. The maximum atomic E-state index is 13.3. The van der Waals surface area contributed by atoms with E-state index in [2.05, 4.69) is 51.7 Å². The van der Waals surface area contributed by atoms with Gasteiger partial charge in [0.2, 0.25) is 0 Å². The molecule has 2 aromatic carbocycles. The van der Waals surface area contributed by atoms with E-state index < -0.39 is 0 Å². The lowest BCUT2D eigenvalue weighted by atomic mass is 10.0. The van der Waals surface area contributed by atoms with Crippen molar-refractivity contribution < 1.29 is 4.39 Å². The highest BCUT2D eigenvalue weighted by atomic mass is 19.1. The Morgan fingerprint density at radius 1 is 0.800 bits per heavy atom. The lowest BCUT2D eigenvalue weighted by Crippen LogP contribution is -1.98. The van der Waals surface area contributed by atoms with Crippen molar-refractivity contribution in [3.05, 3.63) is 78.4 Å². The number of aryl methyl sites for hydroxylation is 2. The second-order valence-electron chi connectivity index (χ2n) is 6.75. The predicted molar refractivity (Wildman–Crippen MR) is 99.2 cm³/mol. The van der Waals surface area contributed by atoms with Crippen molar-refractivity contribution in [3.8, 4) is 22.4 Å². The number of imidazole rings is 1. The molecule has 0 radical (unpaired) electrons. The summed E-state index contributed by atoms with van der Waals surface area (Å²) in [6.45, 7) is 1.04. The average Bonchev–Trinajstić information content (AvgIpc) is 3.08. The second-order valence-corrected chi connectivity index (χ2v) is 6.75. The first-order valence-corrected chi connectivity index (χ1v) is 8.86. The SMILES string of the molecule is Fc1ccc(-c2cn3cc(-c4ccccc4)n4c3c2CCCC4)cc1. The van der Waals surface area contributed by atoms with Gasteiger partial charge >= 0.3 is 0 Å². The fraction of sp³-hybridized carbons (Fsp3) is 0.182. The lowest BCUT2D eigenvalue weighted by molar-refractivity contribution is 0.628. The molecule has 0 bridgehead atoms. The van der Waals surface area contributed by atoms with Crippen LogP contribution in [0.4, 0.5) is 4.39 Å². The highest BCUT2D eigenvalue weighted by Crippen LogP contribution is 2.36. The van der Waals surface area contributed by atoms with E-state index in [1.165, 1.54) is 40.9 Å². The fourth-order valence-corrected chi connectivity index (χ4v) is 4.03. The Labute approximate surface area is 146 Å². The molecule has 0 spiro atoms. The van der Waals surface area contributed by atoms with Crippen LogP contribution < -0.4 is 0 Å². The number of hydrogen-bond donors (Lipinski definition) is 0. The van der Waals surface area contributed by atoms with Crippen LogP contribution in [0.25, 0.3) is 28.0 Å². The van der Waals surface area contributed by atoms with Crippen LogP contribution in [-0.4, -0.2) is 8.97 Å². The first-order chi connectivity index (χ1) is 12.3. The van der Waals surface area contributed by atoms with Gasteiger partial charge in [-0.05, 0) is 42.5 Å². The summed E-state index contributed by atoms with van der Waals surface area (Å²) in [5.74, 6) is -0.186. The Hall–Kier alpha value is -2.81. The largest absolute Gasteiger partial charge is 0.325 e. The van der Waals surface area contributed by atoms with Gasteiger partial charge in [0.05, 0.1) is 5.69 Å². The van der Waals surface area contributed by atoms with E-state index in [0.29, 0.717) is 0 Å². The second kappa shape index (κ2) is 5.62. The van der Waals surface area contributed by atoms with Crippen molar-refractivity contribution in [3.63, 3.8) is 0 Å². The van der Waals surface area contributed by atoms with Crippen LogP contribution in [0.2, 0.25) is 0 Å². The molecule has 5 rings (SSSR count). The number of halogens is 1. The summed E-state index contributed by atoms with van der Waals surface area (Å²) in [7, 11) is 0. The first kappa shape index (κ1) is 14.5. The van der Waals surface area contributed by atoms with Gasteiger partial charge in [-0.1, -0.05) is 42.5 Å². The third-order valence-corrected chi connectivity index (χ3v) is 5.20. The van der Waals surface area contributed by atoms with Crippen LogP contribution in [0.3, 0.4) is 0 Å². The molecule has 0 atom stereocenters. The van der Waals surface area contributed by atoms with Crippen LogP contribution in [0.15, 0.2) is 67.0 Å². The van der Waals surface area contributed by atoms with Gasteiger partial charge in [0, 0.05) is 30.1 Å². The fourth-order valence-electron chi connectivity index (χ4n) is 4.03. The summed E-state index contributed by atoms with van der Waals surface area (Å²) in [4.78, 5) is 0. The summed E-state index contributed by atoms with van der Waals surface area (Å²) in [5.41, 5.74) is 7.51. The maximum Gasteiger partial charge on any atom is 0.123 e. The molecule has 0 amide bonds. The van der Waals surface area contributed by atoms with Gasteiger partial charge in [-0.25, -0.2) is 4.39 Å². The van der Waals surface area contributed by atoms with Gasteiger partial charge in [-0.2, -0.15) is 0 Å². The van der Waals surface area contributed by atoms with Gasteiger partial charge in [0.1, 0.15) is 11.5 Å². The summed E-state index contributed by atoms with van der Waals surface area (Å²) < 4.78 is 18.0. The van der Waals surface area contributed by atoms with Crippen LogP contribution >= 0.6 is 0 Å². The zero-order chi connectivity index (χ0) is 16.8. The van der Waals surface area contributed by atoms with Crippen molar-refractivity contribution in [1.82, 2.24) is 8.97 Å². The van der Waals surface area contributed by atoms with Crippen LogP contribution in [0, 0.1) is 5.82 Å². The highest BCUT2D eigenvalue weighted by Gasteiger charge is 2.21. The number of nitrogens with zero attached hydrogens (tertiary/aromatic N) is 2. The van der Waals surface area contributed by atoms with Crippen LogP contribution in [0.5, 0.6) is 0 Å². The van der Waals surface area contributed by atoms with Crippen LogP contribution in [-0.2, 0) is 13.0 Å². The van der Waals surface area contributed by atoms with E-state index in [1.54, 1.807) is 12.1 Å². The molecular weight excluding hydrogens is 311 g/mol. The number of benzene rings is 2. The quantitative estimate of drug-likeness (QED) is 0.456. The zero-order valence-electron chi connectivity index (χ0n) is 14.0. The van der Waals surface area contributed by atoms with E-state index in [1.807, 2.05) is 12.1 Å². The van der Waals surface area contributed by atoms with Crippen molar-refractivity contribution in [1.29, 1.82) is 0 Å². The molecule has 0 aliphatic carbocycles. The number of hydrogen-bond acceptors (Lipinski definition) is 0. The molecule has 0 fully saturated rings. The highest BCUT2D eigenvalue weighted by molar-refractivity contribution is 5.78. The Morgan fingerprint density at radius 2 is 1.60 bits per heavy atom. The third kappa shape index (κ3) is 2.30. The van der Waals surface area contributed by atoms with E-state index in [0.717, 1.165) is 18.5 Å². The summed E-state index contributed by atoms with van der Waals surface area (Å²) >= 11 is 0. The Bertz CT molecular complexity index is 1040. The molecule has 0 N–H and O–H groups in total. The number of rotatable bonds is 2. The molecule has 3 heterocycles. The lowest BCUT2D eigenvalue weighted by Gasteiger charge is -2.08. The molecule has 4 aromatic rings. The van der Waals surface area contributed by atoms with Crippen molar-refractivity contribution in [2.45, 2.75) is 25.8 Å². The van der Waals surface area contributed by atoms with Crippen molar-refractivity contribution in [2.24, 2.45) is 0 Å². The molecule has 0 saturated carbocycles. The normalized spacial score (nSPS) is 14.0. The topological polar surface area (TPSA) is 9.34 Å². The van der Waals surface area contributed by atoms with E-state index >= 15 is 0 Å². The van der Waals surface area contributed by atoms with E-state index in [9.17, 15) is 4.39 Å². The molecule has 1 aliphatic rings. The standard InChI is InChI=1S/C22H19FN2/c23-18-11-9-16(10-12-18)20-14-24-15-21(17-6-2-1-3-7-17)25-13-5-4-8-19(20)22(24)25/h1-3,6-7,9-12,14-15H,4-5,8,13H2. The summed E-state index contributed by atoms with van der Waals surface area (Å²) in [6, 6.07) is 17.4. The molecule has 0 unspecified atom stereocenters. The smallest absolute Gasteiger partial charge is 0.123 e. The first-order valence-electron chi connectivity index (χ1n) is 8.86. The molecule has 1 aliphatic heterocycles. The van der Waals surface area contributed by atoms with E-state index in [4.69, 9.17) is 0 Å². The monoisotopic (exact) mass is 330 g/mol. The van der Waals surface area contributed by atoms with Gasteiger partial charge in [-0.3, -0.25) is 0 Å². The van der Waals surface area contributed by atoms with Gasteiger partial charge < -0.3 is 8.97 Å². The molecule has 124 valence electrons. The van der Waals surface area contributed by atoms with Crippen molar-refractivity contribution in [2.75, 3.05) is 0 Å². The van der Waals surface area contributed by atoms with Crippen molar-refractivity contribution >= 4 is 5.65 Å². The summed E-state index contributed by atoms with van der Waals surface area (Å²) in [6.07, 6.45) is 7.87. The molecular formula is C22H19FN2. The molecule has 25 heavy (non-hydrogen) atoms. The van der Waals surface area contributed by atoms with Crippen LogP contribution in [0.1, 0.15) is 18.4 Å². The Kier molecular flexibility index (Phi) is 3.27. The zero-order valence-corrected chi connectivity index (χ0v) is 14.0. The minimum absolute atomic E-state index is 0.186.